The third-order valence-corrected chi connectivity index (χ3v) is 3.83. The van der Waals surface area contributed by atoms with E-state index in [4.69, 9.17) is 10.2 Å². The van der Waals surface area contributed by atoms with Gasteiger partial charge < -0.3 is 10.2 Å². The van der Waals surface area contributed by atoms with E-state index < -0.39 is 32.4 Å². The molecule has 0 aliphatic carbocycles. The second kappa shape index (κ2) is 5.22. The Kier molecular flexibility index (Phi) is 3.78. The van der Waals surface area contributed by atoms with E-state index in [0.29, 0.717) is 0 Å². The molecule has 0 unspecified atom stereocenters. The minimum Gasteiger partial charge on any atom is -0.446 e. The molecule has 20 heavy (non-hydrogen) atoms. The second-order valence-corrected chi connectivity index (χ2v) is 5.72. The summed E-state index contributed by atoms with van der Waals surface area (Å²) >= 11 is 0. The molecule has 0 atom stereocenters. The van der Waals surface area contributed by atoms with Crippen molar-refractivity contribution in [3.8, 4) is 0 Å². The normalized spacial score (nSPS) is 11.6. The molecule has 0 aliphatic rings. The Bertz CT molecular complexity index is 741. The van der Waals surface area contributed by atoms with E-state index in [0.717, 1.165) is 12.1 Å². The van der Waals surface area contributed by atoms with Gasteiger partial charge in [0.25, 0.3) is 10.0 Å². The number of furan rings is 1. The summed E-state index contributed by atoms with van der Waals surface area (Å²) in [5, 5.41) is -0.418. The fourth-order valence-corrected chi connectivity index (χ4v) is 2.54. The van der Waals surface area contributed by atoms with Crippen LogP contribution in [0.4, 0.5) is 14.5 Å². The highest BCUT2D eigenvalue weighted by Crippen LogP contribution is 2.23. The standard InChI is InChI=1S/C12H12F2N2O3S/c1-7-4-10(14)11(5-9(7)13)16-20(17,18)12-3-2-8(6-15)19-12/h2-5,16H,6,15H2,1H3. The van der Waals surface area contributed by atoms with Gasteiger partial charge in [0.15, 0.2) is 0 Å². The zero-order valence-electron chi connectivity index (χ0n) is 10.5. The van der Waals surface area contributed by atoms with Crippen molar-refractivity contribution in [2.75, 3.05) is 4.72 Å². The molecule has 0 fully saturated rings. The molecular formula is C12H12F2N2O3S. The lowest BCUT2D eigenvalue weighted by molar-refractivity contribution is 0.417. The van der Waals surface area contributed by atoms with Crippen LogP contribution in [0.2, 0.25) is 0 Å². The highest BCUT2D eigenvalue weighted by Gasteiger charge is 2.21. The van der Waals surface area contributed by atoms with Crippen LogP contribution in [0.3, 0.4) is 0 Å². The number of anilines is 1. The number of nitrogens with two attached hydrogens (primary N) is 1. The zero-order chi connectivity index (χ0) is 14.9. The fourth-order valence-electron chi connectivity index (χ4n) is 1.53. The van der Waals surface area contributed by atoms with E-state index in [9.17, 15) is 17.2 Å². The van der Waals surface area contributed by atoms with Gasteiger partial charge in [-0.2, -0.15) is 8.42 Å². The number of aryl methyl sites for hydroxylation is 1. The van der Waals surface area contributed by atoms with Crippen LogP contribution in [-0.4, -0.2) is 8.42 Å². The number of rotatable bonds is 4. The van der Waals surface area contributed by atoms with E-state index in [2.05, 4.69) is 0 Å². The number of hydrogen-bond donors (Lipinski definition) is 2. The van der Waals surface area contributed by atoms with E-state index >= 15 is 0 Å². The van der Waals surface area contributed by atoms with Gasteiger partial charge in [-0.3, -0.25) is 4.72 Å². The predicted octanol–water partition coefficient (Wildman–Crippen LogP) is 2.13. The average molecular weight is 302 g/mol. The van der Waals surface area contributed by atoms with Crippen molar-refractivity contribution in [2.45, 2.75) is 18.6 Å². The summed E-state index contributed by atoms with van der Waals surface area (Å²) in [6.07, 6.45) is 0. The van der Waals surface area contributed by atoms with E-state index in [-0.39, 0.29) is 17.9 Å². The maximum atomic E-state index is 13.6. The van der Waals surface area contributed by atoms with Crippen molar-refractivity contribution in [2.24, 2.45) is 5.73 Å². The van der Waals surface area contributed by atoms with Crippen LogP contribution in [0.1, 0.15) is 11.3 Å². The highest BCUT2D eigenvalue weighted by atomic mass is 32.2. The van der Waals surface area contributed by atoms with Crippen molar-refractivity contribution < 1.29 is 21.6 Å². The number of halogens is 2. The van der Waals surface area contributed by atoms with Crippen molar-refractivity contribution in [1.29, 1.82) is 0 Å². The molecule has 5 nitrogen and oxygen atoms in total. The molecule has 0 bridgehead atoms. The third-order valence-electron chi connectivity index (χ3n) is 2.60. The van der Waals surface area contributed by atoms with Gasteiger partial charge in [-0.1, -0.05) is 0 Å². The molecule has 0 aliphatic heterocycles. The zero-order valence-corrected chi connectivity index (χ0v) is 11.3. The van der Waals surface area contributed by atoms with Gasteiger partial charge in [-0.25, -0.2) is 8.78 Å². The first-order valence-corrected chi connectivity index (χ1v) is 7.09. The molecule has 0 spiro atoms. The molecule has 2 aromatic rings. The van der Waals surface area contributed by atoms with Crippen molar-refractivity contribution in [1.82, 2.24) is 0 Å². The van der Waals surface area contributed by atoms with E-state index in [1.807, 2.05) is 4.72 Å². The first-order valence-electron chi connectivity index (χ1n) is 5.60. The lowest BCUT2D eigenvalue weighted by atomic mass is 10.2. The topological polar surface area (TPSA) is 85.3 Å². The maximum Gasteiger partial charge on any atom is 0.295 e. The first-order chi connectivity index (χ1) is 9.33. The summed E-state index contributed by atoms with van der Waals surface area (Å²) in [6, 6.07) is 4.25. The lowest BCUT2D eigenvalue weighted by Gasteiger charge is -2.08. The molecule has 0 radical (unpaired) electrons. The Hall–Kier alpha value is -1.93. The van der Waals surface area contributed by atoms with Crippen LogP contribution in [0, 0.1) is 18.6 Å². The molecule has 108 valence electrons. The Balaban J connectivity index is 2.35. The van der Waals surface area contributed by atoms with Gasteiger partial charge in [0.1, 0.15) is 17.4 Å². The quantitative estimate of drug-likeness (QED) is 0.906. The molecule has 0 saturated heterocycles. The van der Waals surface area contributed by atoms with Crippen LogP contribution < -0.4 is 10.5 Å². The van der Waals surface area contributed by atoms with Crippen LogP contribution >= 0.6 is 0 Å². The predicted molar refractivity (Wildman–Crippen MR) is 68.5 cm³/mol. The second-order valence-electron chi connectivity index (χ2n) is 4.11. The SMILES string of the molecule is Cc1cc(F)c(NS(=O)(=O)c2ccc(CN)o2)cc1F. The summed E-state index contributed by atoms with van der Waals surface area (Å²) in [6.45, 7) is 1.40. The summed E-state index contributed by atoms with van der Waals surface area (Å²) in [4.78, 5) is 0. The monoisotopic (exact) mass is 302 g/mol. The molecule has 8 heteroatoms. The number of hydrogen-bond acceptors (Lipinski definition) is 4. The number of sulfonamides is 1. The van der Waals surface area contributed by atoms with E-state index in [1.54, 1.807) is 0 Å². The Morgan fingerprint density at radius 3 is 2.55 bits per heavy atom. The highest BCUT2D eigenvalue weighted by molar-refractivity contribution is 7.92. The van der Waals surface area contributed by atoms with Gasteiger partial charge in [0.05, 0.1) is 12.2 Å². The summed E-state index contributed by atoms with van der Waals surface area (Å²) in [5.74, 6) is -1.33. The third kappa shape index (κ3) is 2.81. The molecule has 1 heterocycles. The van der Waals surface area contributed by atoms with Gasteiger partial charge >= 0.3 is 0 Å². The van der Waals surface area contributed by atoms with Crippen LogP contribution in [0.5, 0.6) is 0 Å². The van der Waals surface area contributed by atoms with Gasteiger partial charge in [0, 0.05) is 6.07 Å². The van der Waals surface area contributed by atoms with Crippen molar-refractivity contribution >= 4 is 15.7 Å². The van der Waals surface area contributed by atoms with Crippen LogP contribution in [-0.2, 0) is 16.6 Å². The summed E-state index contributed by atoms with van der Waals surface area (Å²) < 4.78 is 57.7. The number of nitrogens with one attached hydrogen (secondary N) is 1. The molecular weight excluding hydrogens is 290 g/mol. The minimum absolute atomic E-state index is 0.0308. The largest absolute Gasteiger partial charge is 0.446 e. The molecule has 3 N–H and O–H groups in total. The molecule has 1 aromatic heterocycles. The molecule has 2 rings (SSSR count). The summed E-state index contributed by atoms with van der Waals surface area (Å²) in [7, 11) is -4.13. The Labute approximate surface area is 114 Å². The Morgan fingerprint density at radius 1 is 1.25 bits per heavy atom. The smallest absolute Gasteiger partial charge is 0.295 e. The lowest BCUT2D eigenvalue weighted by Crippen LogP contribution is -2.13. The number of benzene rings is 1. The average Bonchev–Trinajstić information content (AvgIpc) is 2.85. The minimum atomic E-state index is -4.13. The van der Waals surface area contributed by atoms with Crippen LogP contribution in [0.25, 0.3) is 0 Å². The molecule has 0 amide bonds. The Morgan fingerprint density at radius 2 is 1.95 bits per heavy atom. The molecule has 0 saturated carbocycles. The maximum absolute atomic E-state index is 13.6. The van der Waals surface area contributed by atoms with Gasteiger partial charge in [-0.05, 0) is 30.7 Å². The van der Waals surface area contributed by atoms with E-state index in [1.165, 1.54) is 19.1 Å². The first kappa shape index (κ1) is 14.5. The fraction of sp³-hybridized carbons (Fsp3) is 0.167. The molecule has 1 aromatic carbocycles. The van der Waals surface area contributed by atoms with Crippen molar-refractivity contribution in [3.05, 3.63) is 47.2 Å². The van der Waals surface area contributed by atoms with Crippen molar-refractivity contribution in [3.63, 3.8) is 0 Å². The summed E-state index contributed by atoms with van der Waals surface area (Å²) in [5.41, 5.74) is 4.89. The van der Waals surface area contributed by atoms with Gasteiger partial charge in [-0.15, -0.1) is 0 Å². The van der Waals surface area contributed by atoms with Crippen LogP contribution in [0.15, 0.2) is 33.8 Å². The van der Waals surface area contributed by atoms with Gasteiger partial charge in [0.2, 0.25) is 5.09 Å².